The van der Waals surface area contributed by atoms with Crippen LogP contribution in [-0.2, 0) is 24.6 Å². The lowest BCUT2D eigenvalue weighted by atomic mass is 9.94. The van der Waals surface area contributed by atoms with Crippen LogP contribution < -0.4 is 0 Å². The van der Waals surface area contributed by atoms with Crippen LogP contribution in [-0.4, -0.2) is 22.2 Å². The fraction of sp³-hybridized carbons (Fsp3) is 0.412. The SMILES string of the molecule is CCc1cc(C(=O)CC2OCCc3ccccc32)n(C)n1. The van der Waals surface area contributed by atoms with E-state index in [1.165, 1.54) is 5.56 Å². The summed E-state index contributed by atoms with van der Waals surface area (Å²) in [5, 5.41) is 4.34. The fourth-order valence-corrected chi connectivity index (χ4v) is 2.88. The second kappa shape index (κ2) is 5.82. The average molecular weight is 284 g/mol. The smallest absolute Gasteiger partial charge is 0.183 e. The quantitative estimate of drug-likeness (QED) is 0.811. The molecule has 0 bridgehead atoms. The zero-order valence-corrected chi connectivity index (χ0v) is 12.5. The highest BCUT2D eigenvalue weighted by molar-refractivity contribution is 5.95. The van der Waals surface area contributed by atoms with Gasteiger partial charge in [-0.3, -0.25) is 9.48 Å². The number of aromatic nitrogens is 2. The van der Waals surface area contributed by atoms with E-state index in [4.69, 9.17) is 4.74 Å². The van der Waals surface area contributed by atoms with E-state index in [9.17, 15) is 4.79 Å². The molecule has 0 N–H and O–H groups in total. The molecule has 0 saturated heterocycles. The van der Waals surface area contributed by atoms with Gasteiger partial charge in [0.25, 0.3) is 0 Å². The van der Waals surface area contributed by atoms with Crippen molar-refractivity contribution in [3.8, 4) is 0 Å². The molecule has 1 atom stereocenters. The maximum absolute atomic E-state index is 12.5. The Morgan fingerprint density at radius 3 is 3.00 bits per heavy atom. The number of carbonyl (C=O) groups is 1. The molecule has 2 aromatic rings. The average Bonchev–Trinajstić information content (AvgIpc) is 2.89. The summed E-state index contributed by atoms with van der Waals surface area (Å²) in [5.74, 6) is 0.0893. The Morgan fingerprint density at radius 2 is 2.24 bits per heavy atom. The molecule has 1 aromatic heterocycles. The molecule has 0 radical (unpaired) electrons. The van der Waals surface area contributed by atoms with E-state index in [1.807, 2.05) is 32.2 Å². The van der Waals surface area contributed by atoms with Crippen LogP contribution in [0.3, 0.4) is 0 Å². The van der Waals surface area contributed by atoms with Gasteiger partial charge in [-0.25, -0.2) is 0 Å². The minimum absolute atomic E-state index is 0.0893. The van der Waals surface area contributed by atoms with Crippen LogP contribution in [0.2, 0.25) is 0 Å². The molecule has 2 heterocycles. The summed E-state index contributed by atoms with van der Waals surface area (Å²) < 4.78 is 7.50. The largest absolute Gasteiger partial charge is 0.373 e. The van der Waals surface area contributed by atoms with Crippen molar-refractivity contribution in [3.63, 3.8) is 0 Å². The van der Waals surface area contributed by atoms with Gasteiger partial charge in [-0.05, 0) is 30.0 Å². The van der Waals surface area contributed by atoms with E-state index in [-0.39, 0.29) is 11.9 Å². The lowest BCUT2D eigenvalue weighted by molar-refractivity contribution is 0.0349. The van der Waals surface area contributed by atoms with Crippen molar-refractivity contribution in [1.29, 1.82) is 0 Å². The number of ketones is 1. The summed E-state index contributed by atoms with van der Waals surface area (Å²) in [4.78, 5) is 12.5. The van der Waals surface area contributed by atoms with Gasteiger partial charge in [-0.15, -0.1) is 0 Å². The number of Topliss-reactive ketones (excluding diaryl/α,β-unsaturated/α-hetero) is 1. The third kappa shape index (κ3) is 2.76. The second-order valence-corrected chi connectivity index (χ2v) is 5.43. The van der Waals surface area contributed by atoms with Crippen LogP contribution >= 0.6 is 0 Å². The van der Waals surface area contributed by atoms with Gasteiger partial charge in [0.1, 0.15) is 5.69 Å². The van der Waals surface area contributed by atoms with Gasteiger partial charge in [-0.2, -0.15) is 5.10 Å². The minimum atomic E-state index is -0.137. The van der Waals surface area contributed by atoms with Crippen molar-refractivity contribution in [2.45, 2.75) is 32.3 Å². The fourth-order valence-electron chi connectivity index (χ4n) is 2.88. The van der Waals surface area contributed by atoms with Crippen LogP contribution in [0, 0.1) is 0 Å². The van der Waals surface area contributed by atoms with Crippen molar-refractivity contribution in [3.05, 3.63) is 52.8 Å². The Kier molecular flexibility index (Phi) is 3.88. The maximum Gasteiger partial charge on any atom is 0.183 e. The molecule has 0 saturated carbocycles. The van der Waals surface area contributed by atoms with Crippen molar-refractivity contribution >= 4 is 5.78 Å². The summed E-state index contributed by atoms with van der Waals surface area (Å²) >= 11 is 0. The first-order valence-corrected chi connectivity index (χ1v) is 7.44. The molecular formula is C17H20N2O2. The molecule has 0 fully saturated rings. The maximum atomic E-state index is 12.5. The van der Waals surface area contributed by atoms with Crippen molar-refractivity contribution in [2.24, 2.45) is 7.05 Å². The first-order chi connectivity index (χ1) is 10.2. The third-order valence-corrected chi connectivity index (χ3v) is 4.04. The number of fused-ring (bicyclic) bond motifs is 1. The molecule has 0 spiro atoms. The van der Waals surface area contributed by atoms with E-state index in [0.717, 1.165) is 24.1 Å². The molecule has 0 aliphatic carbocycles. The highest BCUT2D eigenvalue weighted by Crippen LogP contribution is 2.30. The summed E-state index contributed by atoms with van der Waals surface area (Å²) in [7, 11) is 1.82. The van der Waals surface area contributed by atoms with Crippen molar-refractivity contribution < 1.29 is 9.53 Å². The van der Waals surface area contributed by atoms with Crippen LogP contribution in [0.5, 0.6) is 0 Å². The van der Waals surface area contributed by atoms with Gasteiger partial charge in [0.15, 0.2) is 5.78 Å². The molecule has 1 unspecified atom stereocenters. The number of hydrogen-bond donors (Lipinski definition) is 0. The zero-order chi connectivity index (χ0) is 14.8. The second-order valence-electron chi connectivity index (χ2n) is 5.43. The van der Waals surface area contributed by atoms with E-state index in [0.29, 0.717) is 18.7 Å². The number of rotatable bonds is 4. The van der Waals surface area contributed by atoms with Gasteiger partial charge in [0.2, 0.25) is 0 Å². The molecule has 1 aromatic carbocycles. The van der Waals surface area contributed by atoms with Gasteiger partial charge < -0.3 is 4.74 Å². The number of benzene rings is 1. The van der Waals surface area contributed by atoms with Gasteiger partial charge in [0.05, 0.1) is 18.4 Å². The third-order valence-electron chi connectivity index (χ3n) is 4.04. The monoisotopic (exact) mass is 284 g/mol. The van der Waals surface area contributed by atoms with E-state index in [2.05, 4.69) is 17.2 Å². The lowest BCUT2D eigenvalue weighted by Crippen LogP contribution is -2.20. The highest BCUT2D eigenvalue weighted by Gasteiger charge is 2.25. The Balaban J connectivity index is 1.81. The number of hydrogen-bond acceptors (Lipinski definition) is 3. The molecular weight excluding hydrogens is 264 g/mol. The molecule has 1 aliphatic rings. The van der Waals surface area contributed by atoms with Crippen molar-refractivity contribution in [1.82, 2.24) is 9.78 Å². The predicted octanol–water partition coefficient (Wildman–Crippen LogP) is 2.87. The minimum Gasteiger partial charge on any atom is -0.373 e. The summed E-state index contributed by atoms with van der Waals surface area (Å²) in [6.07, 6.45) is 2.00. The molecule has 110 valence electrons. The molecule has 0 amide bonds. The molecule has 4 heteroatoms. The van der Waals surface area contributed by atoms with Crippen molar-refractivity contribution in [2.75, 3.05) is 6.61 Å². The van der Waals surface area contributed by atoms with E-state index in [1.54, 1.807) is 4.68 Å². The van der Waals surface area contributed by atoms with E-state index < -0.39 is 0 Å². The molecule has 3 rings (SSSR count). The zero-order valence-electron chi connectivity index (χ0n) is 12.5. The molecule has 4 nitrogen and oxygen atoms in total. The van der Waals surface area contributed by atoms with Gasteiger partial charge in [-0.1, -0.05) is 31.2 Å². The number of nitrogens with zero attached hydrogens (tertiary/aromatic N) is 2. The Labute approximate surface area is 124 Å². The Bertz CT molecular complexity index is 661. The van der Waals surface area contributed by atoms with Gasteiger partial charge >= 0.3 is 0 Å². The summed E-state index contributed by atoms with van der Waals surface area (Å²) in [5.41, 5.74) is 4.06. The van der Waals surface area contributed by atoms with Crippen LogP contribution in [0.25, 0.3) is 0 Å². The standard InChI is InChI=1S/C17H20N2O2/c1-3-13-10-15(19(2)18-13)16(20)11-17-14-7-5-4-6-12(14)8-9-21-17/h4-7,10,17H,3,8-9,11H2,1-2H3. The topological polar surface area (TPSA) is 44.1 Å². The Morgan fingerprint density at radius 1 is 1.43 bits per heavy atom. The number of carbonyl (C=O) groups excluding carboxylic acids is 1. The summed E-state index contributed by atoms with van der Waals surface area (Å²) in [6.45, 7) is 2.72. The normalized spacial score (nSPS) is 17.5. The Hall–Kier alpha value is -1.94. The number of aryl methyl sites for hydroxylation is 2. The van der Waals surface area contributed by atoms with Crippen LogP contribution in [0.4, 0.5) is 0 Å². The first kappa shape index (κ1) is 14.0. The lowest BCUT2D eigenvalue weighted by Gasteiger charge is -2.25. The molecule has 1 aliphatic heterocycles. The van der Waals surface area contributed by atoms with Crippen LogP contribution in [0.15, 0.2) is 30.3 Å². The number of ether oxygens (including phenoxy) is 1. The summed E-state index contributed by atoms with van der Waals surface area (Å²) in [6, 6.07) is 10.1. The van der Waals surface area contributed by atoms with Crippen LogP contribution in [0.1, 0.15) is 46.8 Å². The van der Waals surface area contributed by atoms with Gasteiger partial charge in [0, 0.05) is 13.5 Å². The predicted molar refractivity (Wildman–Crippen MR) is 80.4 cm³/mol. The molecule has 21 heavy (non-hydrogen) atoms. The van der Waals surface area contributed by atoms with E-state index >= 15 is 0 Å². The first-order valence-electron chi connectivity index (χ1n) is 7.44. The highest BCUT2D eigenvalue weighted by atomic mass is 16.5.